The van der Waals surface area contributed by atoms with Crippen molar-refractivity contribution in [3.05, 3.63) is 80.6 Å². The van der Waals surface area contributed by atoms with E-state index < -0.39 is 40.5 Å². The number of nitrogens with zero attached hydrogens (tertiary/aromatic N) is 1. The average Bonchev–Trinajstić information content (AvgIpc) is 2.83. The third kappa shape index (κ3) is 4.89. The van der Waals surface area contributed by atoms with Crippen LogP contribution in [0.15, 0.2) is 64.2 Å². The molecule has 0 aliphatic heterocycles. The largest absolute Gasteiger partial charge is 0.502 e. The summed E-state index contributed by atoms with van der Waals surface area (Å²) in [7, 11) is 0. The molecule has 0 saturated heterocycles. The number of carboxylic acids is 1. The summed E-state index contributed by atoms with van der Waals surface area (Å²) >= 11 is 0. The minimum Gasteiger partial charge on any atom is -0.502 e. The van der Waals surface area contributed by atoms with E-state index in [0.717, 1.165) is 5.56 Å². The van der Waals surface area contributed by atoms with E-state index in [-0.39, 0.29) is 18.0 Å². The van der Waals surface area contributed by atoms with E-state index in [2.05, 4.69) is 5.32 Å². The molecule has 1 aliphatic carbocycles. The van der Waals surface area contributed by atoms with Gasteiger partial charge in [0.2, 0.25) is 5.91 Å². The molecule has 182 valence electrons. The summed E-state index contributed by atoms with van der Waals surface area (Å²) in [5.74, 6) is -2.62. The number of para-hydroxylation sites is 1. The van der Waals surface area contributed by atoms with Crippen molar-refractivity contribution >= 4 is 17.6 Å². The Morgan fingerprint density at radius 2 is 1.69 bits per heavy atom. The van der Waals surface area contributed by atoms with E-state index in [0.29, 0.717) is 31.0 Å². The van der Waals surface area contributed by atoms with E-state index in [1.807, 2.05) is 61.5 Å². The van der Waals surface area contributed by atoms with Crippen molar-refractivity contribution in [1.29, 1.82) is 0 Å². The molecule has 3 aromatic carbocycles. The van der Waals surface area contributed by atoms with Gasteiger partial charge in [-0.2, -0.15) is 0 Å². The number of hydrogen-bond acceptors (Lipinski definition) is 7. The summed E-state index contributed by atoms with van der Waals surface area (Å²) in [5.41, 5.74) is -1.28. The average molecular weight is 479 g/mol. The van der Waals surface area contributed by atoms with E-state index >= 15 is 0 Å². The Morgan fingerprint density at radius 1 is 1.03 bits per heavy atom. The number of aromatic hydroxyl groups is 1. The van der Waals surface area contributed by atoms with Crippen LogP contribution in [0.25, 0.3) is 0 Å². The normalized spacial score (nSPS) is 19.1. The fraction of sp³-hybridized carbons (Fsp3) is 0.308. The van der Waals surface area contributed by atoms with Crippen molar-refractivity contribution in [2.45, 2.75) is 32.4 Å². The van der Waals surface area contributed by atoms with Gasteiger partial charge in [-0.1, -0.05) is 37.3 Å². The van der Waals surface area contributed by atoms with Gasteiger partial charge in [-0.15, -0.1) is 0 Å². The predicted molar refractivity (Wildman–Crippen MR) is 128 cm³/mol. The van der Waals surface area contributed by atoms with E-state index in [1.54, 1.807) is 4.90 Å². The Bertz CT molecular complexity index is 1280. The van der Waals surface area contributed by atoms with Gasteiger partial charge >= 0.3 is 5.97 Å². The highest BCUT2D eigenvalue weighted by Crippen LogP contribution is 2.39. The quantitative estimate of drug-likeness (QED) is 0.379. The van der Waals surface area contributed by atoms with Crippen LogP contribution in [0, 0.1) is 11.8 Å². The van der Waals surface area contributed by atoms with Crippen LogP contribution >= 0.6 is 0 Å². The lowest BCUT2D eigenvalue weighted by Crippen LogP contribution is -2.57. The molecule has 4 rings (SSSR count). The van der Waals surface area contributed by atoms with Gasteiger partial charge in [-0.05, 0) is 42.7 Å². The topological polar surface area (TPSA) is 133 Å². The summed E-state index contributed by atoms with van der Waals surface area (Å²) < 4.78 is 5.80. The van der Waals surface area contributed by atoms with Crippen molar-refractivity contribution in [2.75, 3.05) is 11.9 Å². The molecule has 1 aliphatic rings. The van der Waals surface area contributed by atoms with Gasteiger partial charge in [0.1, 0.15) is 17.2 Å². The van der Waals surface area contributed by atoms with Crippen LogP contribution in [0.1, 0.15) is 25.3 Å². The van der Waals surface area contributed by atoms with Crippen molar-refractivity contribution in [3.63, 3.8) is 0 Å². The fourth-order valence-electron chi connectivity index (χ4n) is 4.38. The monoisotopic (exact) mass is 478 g/mol. The van der Waals surface area contributed by atoms with Gasteiger partial charge in [-0.3, -0.25) is 19.2 Å². The number of anilines is 1. The van der Waals surface area contributed by atoms with Crippen molar-refractivity contribution < 1.29 is 24.5 Å². The summed E-state index contributed by atoms with van der Waals surface area (Å²) in [6, 6.07) is 16.0. The first-order chi connectivity index (χ1) is 16.8. The van der Waals surface area contributed by atoms with Crippen LogP contribution in [-0.4, -0.2) is 39.6 Å². The van der Waals surface area contributed by atoms with Crippen LogP contribution in [0.3, 0.4) is 0 Å². The highest BCUT2D eigenvalue weighted by molar-refractivity contribution is 5.88. The number of benzene rings is 2. The lowest BCUT2D eigenvalue weighted by Gasteiger charge is -2.43. The molecule has 0 aromatic heterocycles. The second-order valence-corrected chi connectivity index (χ2v) is 8.66. The van der Waals surface area contributed by atoms with Crippen LogP contribution in [0.5, 0.6) is 17.2 Å². The Kier molecular flexibility index (Phi) is 6.86. The van der Waals surface area contributed by atoms with Crippen LogP contribution in [0.2, 0.25) is 0 Å². The lowest BCUT2D eigenvalue weighted by atomic mass is 9.68. The van der Waals surface area contributed by atoms with Gasteiger partial charge in [0.15, 0.2) is 5.75 Å². The van der Waals surface area contributed by atoms with Crippen molar-refractivity contribution in [2.24, 2.45) is 11.8 Å². The van der Waals surface area contributed by atoms with E-state index in [4.69, 9.17) is 4.74 Å². The number of ether oxygens (including phenoxy) is 1. The van der Waals surface area contributed by atoms with Crippen molar-refractivity contribution in [1.82, 2.24) is 4.90 Å². The molecule has 1 fully saturated rings. The summed E-state index contributed by atoms with van der Waals surface area (Å²) in [5, 5.41) is 21.9. The molecule has 35 heavy (non-hydrogen) atoms. The first kappa shape index (κ1) is 24.0. The van der Waals surface area contributed by atoms with Crippen LogP contribution in [-0.2, 0) is 16.1 Å². The summed E-state index contributed by atoms with van der Waals surface area (Å²) in [6.45, 7) is 2.71. The van der Waals surface area contributed by atoms with Gasteiger partial charge in [0.25, 0.3) is 10.9 Å². The highest BCUT2D eigenvalue weighted by atomic mass is 16.5. The Balaban J connectivity index is 1.42. The predicted octanol–water partition coefficient (Wildman–Crippen LogP) is 2.72. The van der Waals surface area contributed by atoms with Gasteiger partial charge in [-0.25, -0.2) is 0 Å². The molecule has 0 spiro atoms. The lowest BCUT2D eigenvalue weighted by molar-refractivity contribution is -0.157. The van der Waals surface area contributed by atoms with Gasteiger partial charge in [0.05, 0.1) is 11.8 Å². The number of amides is 1. The molecule has 0 radical (unpaired) electrons. The molecule has 3 unspecified atom stereocenters. The number of rotatable bonds is 10. The second-order valence-electron chi connectivity index (χ2n) is 8.66. The number of carbonyl (C=O) groups excluding carboxylic acids is 1. The fourth-order valence-corrected chi connectivity index (χ4v) is 4.38. The molecular weight excluding hydrogens is 452 g/mol. The second kappa shape index (κ2) is 10.0. The summed E-state index contributed by atoms with van der Waals surface area (Å²) in [4.78, 5) is 49.6. The number of carboxylic acid groups (broad SMARTS) is 1. The zero-order valence-corrected chi connectivity index (χ0v) is 19.1. The third-order valence-corrected chi connectivity index (χ3v) is 6.27. The number of carbonyl (C=O) groups is 2. The SMILES string of the molecule is CCCN(Cc1ccc(Oc2ccccc2)cc1)C(=O)C1CC(Nc2c(O)c(=O)c2=O)C1C(=O)O. The zero-order valence-electron chi connectivity index (χ0n) is 19.1. The van der Waals surface area contributed by atoms with Crippen molar-refractivity contribution in [3.8, 4) is 17.2 Å². The van der Waals surface area contributed by atoms with E-state index in [9.17, 15) is 29.4 Å². The molecule has 0 bridgehead atoms. The maximum absolute atomic E-state index is 13.3. The van der Waals surface area contributed by atoms with Crippen LogP contribution < -0.4 is 20.9 Å². The van der Waals surface area contributed by atoms with Crippen LogP contribution in [0.4, 0.5) is 5.69 Å². The Labute approximate surface area is 201 Å². The standard InChI is InChI=1S/C26H26N2O7/c1-2-12-28(14-15-8-10-17(11-9-15)35-16-6-4-3-5-7-16)25(32)18-13-19(20(18)26(33)34)27-21-22(29)24(31)23(21)30/h3-11,18-20,27,29H,2,12-14H2,1H3,(H,33,34). The van der Waals surface area contributed by atoms with E-state index in [1.165, 1.54) is 0 Å². The minimum absolute atomic E-state index is 0.179. The molecule has 9 nitrogen and oxygen atoms in total. The molecule has 3 atom stereocenters. The Morgan fingerprint density at radius 3 is 2.29 bits per heavy atom. The molecule has 3 N–H and O–H groups in total. The smallest absolute Gasteiger partial charge is 0.309 e. The first-order valence-corrected chi connectivity index (χ1v) is 11.4. The van der Waals surface area contributed by atoms with Gasteiger partial charge in [0, 0.05) is 19.1 Å². The first-order valence-electron chi connectivity index (χ1n) is 11.4. The maximum Gasteiger partial charge on any atom is 0.309 e. The number of hydrogen-bond donors (Lipinski definition) is 3. The molecule has 0 heterocycles. The Hall–Kier alpha value is -4.14. The molecule has 1 amide bonds. The molecule has 3 aromatic rings. The van der Waals surface area contributed by atoms with Gasteiger partial charge < -0.3 is 25.2 Å². The molecule has 9 heteroatoms. The number of aliphatic carboxylic acids is 1. The minimum atomic E-state index is -1.18. The maximum atomic E-state index is 13.3. The zero-order chi connectivity index (χ0) is 25.1. The number of nitrogens with one attached hydrogen (secondary N) is 1. The summed E-state index contributed by atoms with van der Waals surface area (Å²) in [6.07, 6.45) is 0.878. The third-order valence-electron chi connectivity index (χ3n) is 6.27. The highest BCUT2D eigenvalue weighted by Gasteiger charge is 2.51. The molecule has 1 saturated carbocycles. The molecular formula is C26H26N2O7.